The SMILES string of the molecule is CCCCCCCCCC(=O)NC(Cc1c[nH]c2ccccc12)C(=O)NC(CCC(=O)O)C(=O)NC(C(=O)NC1C(=O)NCC(=O)NC(C)C(=O)NC(CC(=O)O)C(=O)NC(CCCCN)C(=O)NC(C(OC)C(=O)O)C(=O)NCC(=O)NC(CC(N)=O)C(=O)NC(C(C)CC(=O)O)C(=O)NC(C(C)CC)C(=O)OC1C)C(O)C(N)=O. The van der Waals surface area contributed by atoms with Gasteiger partial charge in [-0.25, -0.2) is 9.59 Å². The zero-order valence-corrected chi connectivity index (χ0v) is 65.4. The maximum absolute atomic E-state index is 14.8. The van der Waals surface area contributed by atoms with Crippen LogP contribution in [-0.2, 0) is 112 Å². The molecule has 25 N–H and O–H groups in total. The molecule has 644 valence electrons. The summed E-state index contributed by atoms with van der Waals surface area (Å²) in [6, 6.07) is -15.8. The van der Waals surface area contributed by atoms with Crippen LogP contribution in [0, 0.1) is 11.8 Å². The Balaban J connectivity index is 2.27. The van der Waals surface area contributed by atoms with Gasteiger partial charge in [0.1, 0.15) is 72.6 Å². The molecular weight excluding hydrogens is 1530 g/mol. The fourth-order valence-corrected chi connectivity index (χ4v) is 11.9. The van der Waals surface area contributed by atoms with Crippen molar-refractivity contribution in [1.82, 2.24) is 74.1 Å². The number of aliphatic carboxylic acids is 4. The molecule has 44 heteroatoms. The minimum absolute atomic E-state index is 0.00419. The second-order valence-electron chi connectivity index (χ2n) is 27.9. The summed E-state index contributed by atoms with van der Waals surface area (Å²) in [7, 11) is 0.801. The quantitative estimate of drug-likeness (QED) is 0.0220. The van der Waals surface area contributed by atoms with E-state index in [2.05, 4.69) is 70.4 Å². The lowest BCUT2D eigenvalue weighted by atomic mass is 9.94. The Morgan fingerprint density at radius 3 is 1.76 bits per heavy atom. The first kappa shape index (κ1) is 98.2. The highest BCUT2D eigenvalue weighted by atomic mass is 16.5. The molecule has 0 saturated carbocycles. The topological polar surface area (TPSA) is 711 Å². The molecule has 16 unspecified atom stereocenters. The van der Waals surface area contributed by atoms with Gasteiger partial charge >= 0.3 is 29.8 Å². The molecule has 15 amide bonds. The molecule has 3 rings (SSSR count). The van der Waals surface area contributed by atoms with E-state index in [1.807, 2.05) is 10.6 Å². The lowest BCUT2D eigenvalue weighted by Gasteiger charge is -2.32. The standard InChI is InChI=1S/C72H109N17O27/c1-8-10-11-12-13-14-15-23-47(91)80-43(28-38-31-76-40-21-17-16-20-39(38)40)64(105)83-42(24-25-50(94)95)63(104)88-56(58(100)60(75)101)70(111)87-55-37(6)116-72(114)54(34(3)9-2)86-69(110)53(35(4)27-51(96)97)85-66(107)44(29-46(74)90)81-49(93)33-78-68(109)57(59(115-7)71(112)113)89-62(103)41(22-18-19-26-73)82-65(106)45(30-52(98)99)84-61(102)36(5)79-48(92)32-77-67(55)108/h16-17,20-21,31,34-37,41-45,53-59,76,100H,8-15,18-19,22-30,32-33,73H2,1-7H3,(H2,74,90)(H2,75,101)(H,77,108)(H,78,109)(H,79,92)(H,80,91)(H,81,93)(H,82,106)(H,83,105)(H,84,102)(H,85,107)(H,86,110)(H,87,111)(H,88,104)(H,89,103)(H,94,95)(H,96,97)(H,98,99)(H,112,113). The molecule has 0 spiro atoms. The summed E-state index contributed by atoms with van der Waals surface area (Å²) in [4.78, 5) is 276. The zero-order valence-electron chi connectivity index (χ0n) is 65.4. The van der Waals surface area contributed by atoms with E-state index in [1.165, 1.54) is 13.8 Å². The first-order valence-corrected chi connectivity index (χ1v) is 37.7. The van der Waals surface area contributed by atoms with E-state index in [4.69, 9.17) is 26.7 Å². The lowest BCUT2D eigenvalue weighted by Crippen LogP contribution is -2.64. The predicted molar refractivity (Wildman–Crippen MR) is 403 cm³/mol. The second-order valence-corrected chi connectivity index (χ2v) is 27.9. The fourth-order valence-electron chi connectivity index (χ4n) is 11.9. The number of carboxylic acid groups (broad SMARTS) is 4. The van der Waals surface area contributed by atoms with E-state index >= 15 is 0 Å². The number of methoxy groups -OCH3 is 1. The molecule has 1 saturated heterocycles. The minimum atomic E-state index is -2.80. The molecule has 0 bridgehead atoms. The van der Waals surface area contributed by atoms with Crippen molar-refractivity contribution in [1.29, 1.82) is 0 Å². The number of nitrogens with two attached hydrogens (primary N) is 3. The van der Waals surface area contributed by atoms with Crippen LogP contribution in [0.2, 0.25) is 0 Å². The molecule has 2 aromatic rings. The average molecular weight is 1640 g/mol. The number of H-pyrrole nitrogens is 1. The number of para-hydroxylation sites is 1. The summed E-state index contributed by atoms with van der Waals surface area (Å²) in [5.41, 5.74) is 17.7. The zero-order chi connectivity index (χ0) is 87.2. The van der Waals surface area contributed by atoms with Crippen LogP contribution in [0.4, 0.5) is 0 Å². The number of carbonyl (C=O) groups excluding carboxylic acids is 16. The fraction of sp³-hybridized carbons (Fsp3) is 0.611. The summed E-state index contributed by atoms with van der Waals surface area (Å²) in [6.07, 6.45) is -5.04. The van der Waals surface area contributed by atoms with Crippen molar-refractivity contribution in [2.24, 2.45) is 29.0 Å². The molecule has 1 aliphatic rings. The number of aromatic nitrogens is 1. The first-order valence-electron chi connectivity index (χ1n) is 37.7. The smallest absolute Gasteiger partial charge is 0.335 e. The van der Waals surface area contributed by atoms with Crippen LogP contribution < -0.4 is 86.3 Å². The number of amides is 15. The molecule has 1 aromatic heterocycles. The Kier molecular flexibility index (Phi) is 42.0. The predicted octanol–water partition coefficient (Wildman–Crippen LogP) is -6.17. The minimum Gasteiger partial charge on any atom is -0.481 e. The normalized spacial score (nSPS) is 22.0. The number of benzene rings is 1. The third-order valence-corrected chi connectivity index (χ3v) is 18.6. The van der Waals surface area contributed by atoms with E-state index < -0.39 is 260 Å². The van der Waals surface area contributed by atoms with Crippen LogP contribution in [-0.4, -0.2) is 260 Å². The largest absolute Gasteiger partial charge is 0.481 e. The van der Waals surface area contributed by atoms with Crippen molar-refractivity contribution in [3.8, 4) is 0 Å². The van der Waals surface area contributed by atoms with Crippen molar-refractivity contribution >= 4 is 129 Å². The van der Waals surface area contributed by atoms with Crippen molar-refractivity contribution in [2.75, 3.05) is 26.7 Å². The van der Waals surface area contributed by atoms with Crippen LogP contribution in [0.5, 0.6) is 0 Å². The summed E-state index contributed by atoms with van der Waals surface area (Å²) < 4.78 is 10.7. The molecule has 2 heterocycles. The summed E-state index contributed by atoms with van der Waals surface area (Å²) in [5, 5.41) is 80.1. The van der Waals surface area contributed by atoms with Crippen LogP contribution in [0.25, 0.3) is 10.9 Å². The van der Waals surface area contributed by atoms with Crippen LogP contribution in [0.1, 0.15) is 156 Å². The number of aliphatic hydroxyl groups is 1. The number of cyclic esters (lactones) is 1. The van der Waals surface area contributed by atoms with Crippen molar-refractivity contribution in [3.05, 3.63) is 36.0 Å². The van der Waals surface area contributed by atoms with Gasteiger partial charge in [-0.3, -0.25) is 86.3 Å². The highest BCUT2D eigenvalue weighted by Crippen LogP contribution is 2.21. The molecule has 1 fully saturated rings. The van der Waals surface area contributed by atoms with Crippen molar-refractivity contribution in [3.63, 3.8) is 0 Å². The molecule has 116 heavy (non-hydrogen) atoms. The number of hydrogen-bond donors (Lipinski definition) is 22. The van der Waals surface area contributed by atoms with Crippen LogP contribution in [0.15, 0.2) is 30.5 Å². The molecule has 44 nitrogen and oxygen atoms in total. The molecule has 0 aliphatic carbocycles. The van der Waals surface area contributed by atoms with Gasteiger partial charge < -0.3 is 126 Å². The Morgan fingerprint density at radius 2 is 1.16 bits per heavy atom. The second kappa shape index (κ2) is 49.6. The number of primary amides is 2. The number of esters is 1. The Hall–Kier alpha value is -12.0. The number of aliphatic hydroxyl groups excluding tert-OH is 1. The average Bonchev–Trinajstić information content (AvgIpc) is 1.55. The van der Waals surface area contributed by atoms with Gasteiger partial charge in [-0.1, -0.05) is 90.8 Å². The number of rotatable bonds is 38. The number of nitrogens with one attached hydrogen (secondary N) is 14. The number of carboxylic acids is 4. The number of ether oxygens (including phenoxy) is 2. The van der Waals surface area contributed by atoms with Gasteiger partial charge in [0.2, 0.25) is 88.6 Å². The number of aromatic amines is 1. The van der Waals surface area contributed by atoms with Crippen molar-refractivity contribution in [2.45, 2.75) is 242 Å². The number of unbranched alkanes of at least 4 members (excludes halogenated alkanes) is 7. The van der Waals surface area contributed by atoms with Gasteiger partial charge in [0.25, 0.3) is 0 Å². The highest BCUT2D eigenvalue weighted by molar-refractivity contribution is 6.02. The van der Waals surface area contributed by atoms with Gasteiger partial charge in [-0.2, -0.15) is 0 Å². The molecule has 1 aliphatic heterocycles. The van der Waals surface area contributed by atoms with E-state index in [0.717, 1.165) is 60.0 Å². The van der Waals surface area contributed by atoms with E-state index in [-0.39, 0.29) is 45.1 Å². The van der Waals surface area contributed by atoms with Gasteiger partial charge in [-0.15, -0.1) is 0 Å². The number of hydrogen-bond acceptors (Lipinski definition) is 24. The maximum Gasteiger partial charge on any atom is 0.335 e. The van der Waals surface area contributed by atoms with Gasteiger partial charge in [0.15, 0.2) is 12.2 Å². The molecular formula is C72H109N17O27. The molecule has 0 radical (unpaired) electrons. The summed E-state index contributed by atoms with van der Waals surface area (Å²) >= 11 is 0. The van der Waals surface area contributed by atoms with Gasteiger partial charge in [0, 0.05) is 43.5 Å². The molecule has 1 aromatic carbocycles. The van der Waals surface area contributed by atoms with Crippen LogP contribution >= 0.6 is 0 Å². The monoisotopic (exact) mass is 1640 g/mol. The molecule has 16 atom stereocenters. The first-order chi connectivity index (χ1) is 54.7. The Morgan fingerprint density at radius 1 is 0.586 bits per heavy atom. The van der Waals surface area contributed by atoms with E-state index in [9.17, 15) is 121 Å². The van der Waals surface area contributed by atoms with Gasteiger partial charge in [0.05, 0.1) is 32.4 Å². The summed E-state index contributed by atoms with van der Waals surface area (Å²) in [5.74, 6) is -31.2. The third kappa shape index (κ3) is 33.2. The maximum atomic E-state index is 14.8. The van der Waals surface area contributed by atoms with Crippen molar-refractivity contribution < 1.29 is 131 Å². The highest BCUT2D eigenvalue weighted by Gasteiger charge is 2.44. The van der Waals surface area contributed by atoms with E-state index in [1.54, 1.807) is 30.5 Å². The Labute approximate surface area is 665 Å². The Bertz CT molecular complexity index is 3840. The number of fused-ring (bicyclic) bond motifs is 1. The number of carbonyl (C=O) groups is 20. The van der Waals surface area contributed by atoms with Crippen LogP contribution in [0.3, 0.4) is 0 Å². The van der Waals surface area contributed by atoms with E-state index in [0.29, 0.717) is 29.3 Å². The lowest BCUT2D eigenvalue weighted by molar-refractivity contribution is -0.158. The van der Waals surface area contributed by atoms with Gasteiger partial charge in [-0.05, 0) is 76.0 Å². The summed E-state index contributed by atoms with van der Waals surface area (Å²) in [6.45, 7) is 5.54. The third-order valence-electron chi connectivity index (χ3n) is 18.6.